The summed E-state index contributed by atoms with van der Waals surface area (Å²) in [6, 6.07) is 16.0. The molecule has 1 aromatic heterocycles. The Labute approximate surface area is 181 Å². The molecule has 0 fully saturated rings. The van der Waals surface area contributed by atoms with Crippen molar-refractivity contribution in [2.24, 2.45) is 0 Å². The minimum Gasteiger partial charge on any atom is -0.497 e. The summed E-state index contributed by atoms with van der Waals surface area (Å²) in [6.07, 6.45) is 0. The fourth-order valence-electron chi connectivity index (χ4n) is 2.87. The Balaban J connectivity index is 1.69. The van der Waals surface area contributed by atoms with E-state index in [1.165, 1.54) is 12.1 Å². The number of anilines is 3. The van der Waals surface area contributed by atoms with Crippen molar-refractivity contribution >= 4 is 40.3 Å². The second-order valence-electron chi connectivity index (χ2n) is 6.45. The van der Waals surface area contributed by atoms with Crippen LogP contribution in [0.2, 0.25) is 0 Å². The summed E-state index contributed by atoms with van der Waals surface area (Å²) in [6.45, 7) is 0. The molecule has 4 aromatic rings. The molecule has 158 valence electrons. The number of benzene rings is 3. The molecule has 2 N–H and O–H groups in total. The maximum atomic E-state index is 13.5. The van der Waals surface area contributed by atoms with E-state index in [-0.39, 0.29) is 0 Å². The van der Waals surface area contributed by atoms with E-state index in [9.17, 15) is 8.78 Å². The second kappa shape index (κ2) is 9.05. The minimum absolute atomic E-state index is 0.362. The first kappa shape index (κ1) is 20.7. The van der Waals surface area contributed by atoms with E-state index in [4.69, 9.17) is 9.47 Å². The van der Waals surface area contributed by atoms with Crippen molar-refractivity contribution in [2.45, 2.75) is 4.90 Å². The maximum absolute atomic E-state index is 13.5. The summed E-state index contributed by atoms with van der Waals surface area (Å²) in [5.41, 5.74) is 2.03. The fourth-order valence-corrected chi connectivity index (χ4v) is 3.57. The highest BCUT2D eigenvalue weighted by atomic mass is 32.2. The Bertz CT molecular complexity index is 1200. The molecule has 0 aliphatic rings. The van der Waals surface area contributed by atoms with Crippen LogP contribution in [-0.2, 0) is 0 Å². The lowest BCUT2D eigenvalue weighted by Gasteiger charge is -2.14. The first-order chi connectivity index (χ1) is 15.0. The summed E-state index contributed by atoms with van der Waals surface area (Å²) in [4.78, 5) is 9.62. The number of ether oxygens (including phenoxy) is 2. The molecular formula is C22H18F2N4O2S. The molecule has 0 saturated carbocycles. The molecule has 0 unspecified atom stereocenters. The van der Waals surface area contributed by atoms with E-state index in [1.807, 2.05) is 24.3 Å². The minimum atomic E-state index is -0.657. The third-order valence-electron chi connectivity index (χ3n) is 4.29. The second-order valence-corrected chi connectivity index (χ2v) is 7.32. The van der Waals surface area contributed by atoms with Gasteiger partial charge in [0.25, 0.3) is 0 Å². The van der Waals surface area contributed by atoms with Crippen molar-refractivity contribution in [2.75, 3.05) is 24.3 Å². The van der Waals surface area contributed by atoms with Crippen molar-refractivity contribution in [3.05, 3.63) is 72.3 Å². The van der Waals surface area contributed by atoms with E-state index >= 15 is 0 Å². The van der Waals surface area contributed by atoms with Gasteiger partial charge in [-0.3, -0.25) is 0 Å². The van der Waals surface area contributed by atoms with Gasteiger partial charge in [-0.05, 0) is 36.2 Å². The Kier molecular flexibility index (Phi) is 6.03. The molecule has 1 heterocycles. The summed E-state index contributed by atoms with van der Waals surface area (Å²) < 4.78 is 40.7. The number of nitrogens with one attached hydrogen (secondary N) is 2. The molecular weight excluding hydrogens is 422 g/mol. The maximum Gasteiger partial charge on any atom is 0.180 e. The Hall–Kier alpha value is -3.59. The lowest BCUT2D eigenvalue weighted by Crippen LogP contribution is -2.03. The zero-order valence-electron chi connectivity index (χ0n) is 16.6. The SMILES string of the molecule is COc1cc(Nc2nc3ccccc3nc2NSc2cc(F)cc(F)c2)cc(OC)c1. The van der Waals surface area contributed by atoms with Crippen LogP contribution >= 0.6 is 11.9 Å². The quantitative estimate of drug-likeness (QED) is 0.353. The van der Waals surface area contributed by atoms with Crippen LogP contribution in [0.3, 0.4) is 0 Å². The molecule has 0 aliphatic heterocycles. The van der Waals surface area contributed by atoms with Gasteiger partial charge >= 0.3 is 0 Å². The number of aromatic nitrogens is 2. The van der Waals surface area contributed by atoms with Crippen LogP contribution < -0.4 is 19.5 Å². The molecule has 0 aliphatic carbocycles. The number of halogens is 2. The number of hydrogen-bond donors (Lipinski definition) is 2. The first-order valence-corrected chi connectivity index (χ1v) is 10.0. The Morgan fingerprint density at radius 1 is 0.774 bits per heavy atom. The Morgan fingerprint density at radius 3 is 1.94 bits per heavy atom. The zero-order valence-corrected chi connectivity index (χ0v) is 17.5. The van der Waals surface area contributed by atoms with Crippen LogP contribution in [0.4, 0.5) is 26.1 Å². The topological polar surface area (TPSA) is 68.3 Å². The van der Waals surface area contributed by atoms with Gasteiger partial charge in [0.15, 0.2) is 11.6 Å². The van der Waals surface area contributed by atoms with Gasteiger partial charge in [0.2, 0.25) is 0 Å². The molecule has 0 saturated heterocycles. The summed E-state index contributed by atoms with van der Waals surface area (Å²) in [7, 11) is 3.13. The van der Waals surface area contributed by atoms with Gasteiger partial charge in [0.05, 0.1) is 25.3 Å². The molecule has 0 amide bonds. The van der Waals surface area contributed by atoms with Crippen LogP contribution in [0, 0.1) is 11.6 Å². The molecule has 0 spiro atoms. The van der Waals surface area contributed by atoms with E-state index < -0.39 is 11.6 Å². The smallest absolute Gasteiger partial charge is 0.180 e. The number of para-hydroxylation sites is 2. The van der Waals surface area contributed by atoms with Gasteiger partial charge < -0.3 is 19.5 Å². The zero-order chi connectivity index (χ0) is 21.8. The molecule has 3 aromatic carbocycles. The van der Waals surface area contributed by atoms with Crippen molar-refractivity contribution in [1.82, 2.24) is 9.97 Å². The molecule has 0 radical (unpaired) electrons. The van der Waals surface area contributed by atoms with Crippen LogP contribution in [0.1, 0.15) is 0 Å². The van der Waals surface area contributed by atoms with Gasteiger partial charge in [-0.1, -0.05) is 12.1 Å². The molecule has 0 bridgehead atoms. The van der Waals surface area contributed by atoms with Crippen molar-refractivity contribution in [3.63, 3.8) is 0 Å². The van der Waals surface area contributed by atoms with Crippen LogP contribution in [0.15, 0.2) is 65.6 Å². The molecule has 4 rings (SSSR count). The van der Waals surface area contributed by atoms with Gasteiger partial charge in [0.1, 0.15) is 23.1 Å². The van der Waals surface area contributed by atoms with Gasteiger partial charge in [-0.15, -0.1) is 0 Å². The standard InChI is InChI=1S/C22H18F2N4O2S/c1-29-16-10-15(11-17(12-16)30-2)25-21-22(27-20-6-4-3-5-19(20)26-21)28-31-18-8-13(23)7-14(24)9-18/h3-12H,1-2H3,(H,25,26)(H,27,28). The number of nitrogens with zero attached hydrogens (tertiary/aromatic N) is 2. The summed E-state index contributed by atoms with van der Waals surface area (Å²) in [5.74, 6) is 0.726. The third-order valence-corrected chi connectivity index (χ3v) is 5.05. The highest BCUT2D eigenvalue weighted by molar-refractivity contribution is 8.00. The van der Waals surface area contributed by atoms with Crippen LogP contribution in [0.25, 0.3) is 11.0 Å². The average Bonchev–Trinajstić information content (AvgIpc) is 2.76. The molecule has 0 atom stereocenters. The van der Waals surface area contributed by atoms with Crippen LogP contribution in [0.5, 0.6) is 11.5 Å². The summed E-state index contributed by atoms with van der Waals surface area (Å²) in [5, 5.41) is 3.22. The van der Waals surface area contributed by atoms with Gasteiger partial charge in [0, 0.05) is 34.8 Å². The van der Waals surface area contributed by atoms with Crippen LogP contribution in [-0.4, -0.2) is 24.2 Å². The number of rotatable bonds is 7. The Morgan fingerprint density at radius 2 is 1.35 bits per heavy atom. The van der Waals surface area contributed by atoms with E-state index in [1.54, 1.807) is 32.4 Å². The van der Waals surface area contributed by atoms with E-state index in [0.717, 1.165) is 18.0 Å². The average molecular weight is 440 g/mol. The number of methoxy groups -OCH3 is 2. The van der Waals surface area contributed by atoms with Gasteiger partial charge in [-0.2, -0.15) is 0 Å². The molecule has 6 nitrogen and oxygen atoms in total. The normalized spacial score (nSPS) is 10.7. The third kappa shape index (κ3) is 4.95. The highest BCUT2D eigenvalue weighted by Gasteiger charge is 2.12. The predicted octanol–water partition coefficient (Wildman–Crippen LogP) is 5.79. The first-order valence-electron chi connectivity index (χ1n) is 9.20. The fraction of sp³-hybridized carbons (Fsp3) is 0.0909. The predicted molar refractivity (Wildman–Crippen MR) is 118 cm³/mol. The van der Waals surface area contributed by atoms with E-state index in [2.05, 4.69) is 20.0 Å². The largest absolute Gasteiger partial charge is 0.497 e. The highest BCUT2D eigenvalue weighted by Crippen LogP contribution is 2.32. The number of hydrogen-bond acceptors (Lipinski definition) is 7. The van der Waals surface area contributed by atoms with Crippen molar-refractivity contribution < 1.29 is 18.3 Å². The lowest BCUT2D eigenvalue weighted by molar-refractivity contribution is 0.395. The van der Waals surface area contributed by atoms with Crippen molar-refractivity contribution in [3.8, 4) is 11.5 Å². The molecule has 31 heavy (non-hydrogen) atoms. The molecule has 9 heteroatoms. The van der Waals surface area contributed by atoms with Crippen molar-refractivity contribution in [1.29, 1.82) is 0 Å². The van der Waals surface area contributed by atoms with Gasteiger partial charge in [-0.25, -0.2) is 18.7 Å². The van der Waals surface area contributed by atoms with E-state index in [0.29, 0.717) is 44.8 Å². The lowest BCUT2D eigenvalue weighted by atomic mass is 10.2. The monoisotopic (exact) mass is 440 g/mol. The summed E-state index contributed by atoms with van der Waals surface area (Å²) >= 11 is 1.03. The number of fused-ring (bicyclic) bond motifs is 1.